The first-order chi connectivity index (χ1) is 4.86. The number of rotatable bonds is 1. The van der Waals surface area contributed by atoms with Crippen LogP contribution in [0.2, 0.25) is 0 Å². The van der Waals surface area contributed by atoms with Crippen molar-refractivity contribution in [3.8, 4) is 6.07 Å². The largest absolute Gasteiger partial charge is 0.260 e. The maximum atomic E-state index is 8.40. The molecule has 0 aromatic carbocycles. The standard InChI is InChI=1S/C8H7N2/c1-2-8-4-3-7(5-9)6-10-8/h3-4,6H,1-2H2. The van der Waals surface area contributed by atoms with E-state index in [2.05, 4.69) is 11.9 Å². The minimum absolute atomic E-state index is 0.595. The fraction of sp³-hybridized carbons (Fsp3) is 0.125. The molecule has 0 atom stereocenters. The van der Waals surface area contributed by atoms with Crippen LogP contribution >= 0.6 is 0 Å². The van der Waals surface area contributed by atoms with Gasteiger partial charge in [0, 0.05) is 11.9 Å². The van der Waals surface area contributed by atoms with E-state index in [9.17, 15) is 0 Å². The maximum Gasteiger partial charge on any atom is 0.101 e. The molecule has 0 N–H and O–H groups in total. The van der Waals surface area contributed by atoms with Gasteiger partial charge in [0.25, 0.3) is 0 Å². The Morgan fingerprint density at radius 2 is 2.40 bits per heavy atom. The normalized spacial score (nSPS) is 8.80. The van der Waals surface area contributed by atoms with Crippen LogP contribution in [-0.2, 0) is 6.42 Å². The zero-order valence-corrected chi connectivity index (χ0v) is 5.54. The van der Waals surface area contributed by atoms with E-state index < -0.39 is 0 Å². The molecule has 0 aliphatic heterocycles. The van der Waals surface area contributed by atoms with Gasteiger partial charge in [-0.15, -0.1) is 0 Å². The summed E-state index contributed by atoms with van der Waals surface area (Å²) in [4.78, 5) is 3.98. The Hall–Kier alpha value is -1.36. The molecule has 0 saturated heterocycles. The van der Waals surface area contributed by atoms with Crippen molar-refractivity contribution < 1.29 is 0 Å². The Morgan fingerprint density at radius 1 is 1.60 bits per heavy atom. The van der Waals surface area contributed by atoms with Crippen molar-refractivity contribution in [2.75, 3.05) is 0 Å². The van der Waals surface area contributed by atoms with E-state index in [1.807, 2.05) is 12.1 Å². The van der Waals surface area contributed by atoms with Crippen LogP contribution in [0.15, 0.2) is 18.3 Å². The Balaban J connectivity index is 2.93. The molecule has 0 aliphatic rings. The number of aromatic nitrogens is 1. The molecule has 2 heteroatoms. The molecule has 2 nitrogen and oxygen atoms in total. The van der Waals surface area contributed by atoms with Crippen LogP contribution in [0.1, 0.15) is 11.3 Å². The monoisotopic (exact) mass is 131 g/mol. The number of nitrogens with zero attached hydrogens (tertiary/aromatic N) is 2. The molecular weight excluding hydrogens is 124 g/mol. The van der Waals surface area contributed by atoms with E-state index in [0.29, 0.717) is 12.0 Å². The molecule has 0 aliphatic carbocycles. The van der Waals surface area contributed by atoms with Crippen LogP contribution in [0.3, 0.4) is 0 Å². The van der Waals surface area contributed by atoms with Crippen molar-refractivity contribution in [3.05, 3.63) is 36.5 Å². The Kier molecular flexibility index (Phi) is 2.01. The second-order valence-electron chi connectivity index (χ2n) is 1.90. The number of hydrogen-bond acceptors (Lipinski definition) is 2. The smallest absolute Gasteiger partial charge is 0.101 e. The summed E-state index contributed by atoms with van der Waals surface area (Å²) in [6, 6.07) is 5.55. The molecule has 1 radical (unpaired) electrons. The van der Waals surface area contributed by atoms with Gasteiger partial charge in [0.15, 0.2) is 0 Å². The number of nitriles is 1. The lowest BCUT2D eigenvalue weighted by atomic mass is 10.2. The van der Waals surface area contributed by atoms with Crippen molar-refractivity contribution >= 4 is 0 Å². The molecule has 1 aromatic rings. The van der Waals surface area contributed by atoms with Crippen LogP contribution < -0.4 is 0 Å². The molecular formula is C8H7N2. The van der Waals surface area contributed by atoms with Gasteiger partial charge in [-0.05, 0) is 25.5 Å². The second-order valence-corrected chi connectivity index (χ2v) is 1.90. The first-order valence-corrected chi connectivity index (χ1v) is 3.01. The summed E-state index contributed by atoms with van der Waals surface area (Å²) in [6.45, 7) is 3.67. The highest BCUT2D eigenvalue weighted by molar-refractivity contribution is 5.26. The third-order valence-corrected chi connectivity index (χ3v) is 1.21. The number of hydrogen-bond donors (Lipinski definition) is 0. The molecule has 10 heavy (non-hydrogen) atoms. The number of pyridine rings is 1. The lowest BCUT2D eigenvalue weighted by Gasteiger charge is -1.91. The summed E-state index contributed by atoms with van der Waals surface area (Å²) >= 11 is 0. The zero-order valence-electron chi connectivity index (χ0n) is 5.54. The van der Waals surface area contributed by atoms with E-state index in [-0.39, 0.29) is 0 Å². The van der Waals surface area contributed by atoms with Gasteiger partial charge in [0.1, 0.15) is 6.07 Å². The molecule has 0 bridgehead atoms. The predicted octanol–water partition coefficient (Wildman–Crippen LogP) is 1.33. The van der Waals surface area contributed by atoms with Gasteiger partial charge in [-0.3, -0.25) is 4.98 Å². The average molecular weight is 131 g/mol. The molecule has 1 rings (SSSR count). The lowest BCUT2D eigenvalue weighted by Crippen LogP contribution is -1.85. The van der Waals surface area contributed by atoms with Crippen LogP contribution in [0.5, 0.6) is 0 Å². The van der Waals surface area contributed by atoms with Crippen molar-refractivity contribution in [1.29, 1.82) is 5.26 Å². The van der Waals surface area contributed by atoms with E-state index >= 15 is 0 Å². The van der Waals surface area contributed by atoms with Crippen molar-refractivity contribution in [1.82, 2.24) is 4.98 Å². The predicted molar refractivity (Wildman–Crippen MR) is 38.0 cm³/mol. The van der Waals surface area contributed by atoms with Gasteiger partial charge < -0.3 is 0 Å². The third-order valence-electron chi connectivity index (χ3n) is 1.21. The van der Waals surface area contributed by atoms with Crippen LogP contribution in [-0.4, -0.2) is 4.98 Å². The third kappa shape index (κ3) is 1.32. The summed E-state index contributed by atoms with van der Waals surface area (Å²) in [7, 11) is 0. The fourth-order valence-corrected chi connectivity index (χ4v) is 0.639. The van der Waals surface area contributed by atoms with E-state index in [0.717, 1.165) is 5.69 Å². The minimum atomic E-state index is 0.595. The molecule has 0 amide bonds. The van der Waals surface area contributed by atoms with E-state index in [4.69, 9.17) is 5.26 Å². The molecule has 1 heterocycles. The molecule has 1 aromatic heterocycles. The van der Waals surface area contributed by atoms with Gasteiger partial charge in [0.2, 0.25) is 0 Å². The first kappa shape index (κ1) is 6.76. The highest BCUT2D eigenvalue weighted by Crippen LogP contribution is 1.97. The fourth-order valence-electron chi connectivity index (χ4n) is 0.639. The quantitative estimate of drug-likeness (QED) is 0.576. The topological polar surface area (TPSA) is 36.7 Å². The summed E-state index contributed by atoms with van der Waals surface area (Å²) in [5.74, 6) is 0. The van der Waals surface area contributed by atoms with Gasteiger partial charge in [-0.2, -0.15) is 5.26 Å². The average Bonchev–Trinajstić information content (AvgIpc) is 2.05. The van der Waals surface area contributed by atoms with E-state index in [1.54, 1.807) is 12.3 Å². The minimum Gasteiger partial charge on any atom is -0.260 e. The maximum absolute atomic E-state index is 8.40. The van der Waals surface area contributed by atoms with Gasteiger partial charge in [0.05, 0.1) is 5.56 Å². The van der Waals surface area contributed by atoms with Crippen LogP contribution in [0.4, 0.5) is 0 Å². The van der Waals surface area contributed by atoms with Gasteiger partial charge >= 0.3 is 0 Å². The second kappa shape index (κ2) is 2.98. The molecule has 0 spiro atoms. The van der Waals surface area contributed by atoms with Crippen molar-refractivity contribution in [2.24, 2.45) is 0 Å². The summed E-state index contributed by atoms with van der Waals surface area (Å²) < 4.78 is 0. The van der Waals surface area contributed by atoms with Crippen LogP contribution in [0.25, 0.3) is 0 Å². The Labute approximate surface area is 60.1 Å². The van der Waals surface area contributed by atoms with E-state index in [1.165, 1.54) is 0 Å². The first-order valence-electron chi connectivity index (χ1n) is 3.01. The summed E-state index contributed by atoms with van der Waals surface area (Å²) in [5, 5.41) is 8.40. The lowest BCUT2D eigenvalue weighted by molar-refractivity contribution is 1.10. The summed E-state index contributed by atoms with van der Waals surface area (Å²) in [6.07, 6.45) is 2.23. The molecule has 0 fully saturated rings. The molecule has 0 saturated carbocycles. The zero-order chi connectivity index (χ0) is 7.40. The molecule has 0 unspecified atom stereocenters. The summed E-state index contributed by atoms with van der Waals surface area (Å²) in [5.41, 5.74) is 1.51. The van der Waals surface area contributed by atoms with Gasteiger partial charge in [-0.25, -0.2) is 0 Å². The Bertz CT molecular complexity index is 243. The highest BCUT2D eigenvalue weighted by Gasteiger charge is 1.90. The van der Waals surface area contributed by atoms with Gasteiger partial charge in [-0.1, -0.05) is 0 Å². The molecule has 49 valence electrons. The van der Waals surface area contributed by atoms with Crippen molar-refractivity contribution in [3.63, 3.8) is 0 Å². The van der Waals surface area contributed by atoms with Crippen molar-refractivity contribution in [2.45, 2.75) is 6.42 Å². The SMILES string of the molecule is [CH2]Cc1ccc(C#N)cn1. The highest BCUT2D eigenvalue weighted by atomic mass is 14.7. The van der Waals surface area contributed by atoms with Crippen LogP contribution in [0, 0.1) is 18.3 Å². The Morgan fingerprint density at radius 3 is 2.80 bits per heavy atom.